The maximum absolute atomic E-state index is 9.60. The van der Waals surface area contributed by atoms with E-state index in [4.69, 9.17) is 0 Å². The van der Waals surface area contributed by atoms with E-state index in [9.17, 15) is 5.26 Å². The fourth-order valence-corrected chi connectivity index (χ4v) is 4.10. The van der Waals surface area contributed by atoms with Crippen molar-refractivity contribution >= 4 is 17.2 Å². The third-order valence-electron chi connectivity index (χ3n) is 4.82. The third-order valence-corrected chi connectivity index (χ3v) is 5.41. The number of para-hydroxylation sites is 1. The molecule has 0 amide bonds. The van der Waals surface area contributed by atoms with Crippen molar-refractivity contribution in [3.63, 3.8) is 0 Å². The molecule has 7 heteroatoms. The van der Waals surface area contributed by atoms with Gasteiger partial charge in [0, 0.05) is 48.8 Å². The molecule has 3 heterocycles. The summed E-state index contributed by atoms with van der Waals surface area (Å²) in [5.41, 5.74) is 3.92. The SMILES string of the molecule is Cn1cnnc1C1CCN(c2c(C#N)cccc2-c2cnsc2)CC1. The highest BCUT2D eigenvalue weighted by atomic mass is 32.1. The Morgan fingerprint density at radius 3 is 2.76 bits per heavy atom. The van der Waals surface area contributed by atoms with Gasteiger partial charge in [-0.15, -0.1) is 10.2 Å². The lowest BCUT2D eigenvalue weighted by molar-refractivity contribution is 0.474. The Labute approximate surface area is 150 Å². The highest BCUT2D eigenvalue weighted by Crippen LogP contribution is 2.37. The molecule has 4 rings (SSSR count). The molecule has 3 aromatic rings. The Hall–Kier alpha value is -2.72. The topological polar surface area (TPSA) is 70.6 Å². The van der Waals surface area contributed by atoms with Crippen LogP contribution < -0.4 is 4.90 Å². The van der Waals surface area contributed by atoms with Crippen LogP contribution in [0.3, 0.4) is 0 Å². The van der Waals surface area contributed by atoms with Gasteiger partial charge in [0.15, 0.2) is 0 Å². The van der Waals surface area contributed by atoms with Crippen LogP contribution in [0.15, 0.2) is 36.1 Å². The minimum atomic E-state index is 0.421. The number of anilines is 1. The summed E-state index contributed by atoms with van der Waals surface area (Å²) in [7, 11) is 1.99. The molecule has 0 spiro atoms. The number of hydrogen-bond acceptors (Lipinski definition) is 6. The zero-order valence-electron chi connectivity index (χ0n) is 14.0. The third kappa shape index (κ3) is 2.89. The van der Waals surface area contributed by atoms with Crippen LogP contribution in [0.5, 0.6) is 0 Å². The molecule has 0 saturated carbocycles. The molecule has 2 aromatic heterocycles. The van der Waals surface area contributed by atoms with Crippen molar-refractivity contribution in [3.8, 4) is 17.2 Å². The van der Waals surface area contributed by atoms with Crippen molar-refractivity contribution in [2.75, 3.05) is 18.0 Å². The maximum Gasteiger partial charge on any atom is 0.135 e. The van der Waals surface area contributed by atoms with Crippen molar-refractivity contribution in [2.24, 2.45) is 7.05 Å². The number of nitrogens with zero attached hydrogens (tertiary/aromatic N) is 6. The minimum Gasteiger partial charge on any atom is -0.370 e. The summed E-state index contributed by atoms with van der Waals surface area (Å²) in [6, 6.07) is 8.28. The van der Waals surface area contributed by atoms with E-state index in [1.807, 2.05) is 35.3 Å². The maximum atomic E-state index is 9.60. The van der Waals surface area contributed by atoms with Gasteiger partial charge < -0.3 is 9.47 Å². The lowest BCUT2D eigenvalue weighted by Gasteiger charge is -2.34. The van der Waals surface area contributed by atoms with Crippen LogP contribution in [0.1, 0.15) is 30.1 Å². The van der Waals surface area contributed by atoms with Crippen LogP contribution >= 0.6 is 11.5 Å². The Morgan fingerprint density at radius 2 is 2.12 bits per heavy atom. The largest absolute Gasteiger partial charge is 0.370 e. The van der Waals surface area contributed by atoms with E-state index >= 15 is 0 Å². The van der Waals surface area contributed by atoms with Gasteiger partial charge in [-0.25, -0.2) is 4.37 Å². The van der Waals surface area contributed by atoms with Crippen molar-refractivity contribution in [3.05, 3.63) is 47.5 Å². The molecular formula is C18H18N6S. The lowest BCUT2D eigenvalue weighted by atomic mass is 9.93. The van der Waals surface area contributed by atoms with Crippen LogP contribution in [-0.4, -0.2) is 32.2 Å². The van der Waals surface area contributed by atoms with Crippen LogP contribution in [0.4, 0.5) is 5.69 Å². The molecule has 126 valence electrons. The van der Waals surface area contributed by atoms with E-state index in [0.717, 1.165) is 54.1 Å². The molecular weight excluding hydrogens is 332 g/mol. The number of benzene rings is 1. The van der Waals surface area contributed by atoms with Crippen LogP contribution in [0.2, 0.25) is 0 Å². The van der Waals surface area contributed by atoms with Crippen molar-refractivity contribution < 1.29 is 0 Å². The van der Waals surface area contributed by atoms with Crippen LogP contribution in [0.25, 0.3) is 11.1 Å². The Balaban J connectivity index is 1.63. The number of nitriles is 1. The normalized spacial score (nSPS) is 15.3. The first kappa shape index (κ1) is 15.8. The molecule has 0 atom stereocenters. The van der Waals surface area contributed by atoms with E-state index < -0.39 is 0 Å². The molecule has 0 radical (unpaired) electrons. The zero-order valence-corrected chi connectivity index (χ0v) is 14.8. The van der Waals surface area contributed by atoms with Gasteiger partial charge in [-0.3, -0.25) is 0 Å². The number of piperidine rings is 1. The van der Waals surface area contributed by atoms with Gasteiger partial charge in [0.2, 0.25) is 0 Å². The number of hydrogen-bond donors (Lipinski definition) is 0. The van der Waals surface area contributed by atoms with E-state index in [0.29, 0.717) is 5.92 Å². The van der Waals surface area contributed by atoms with Crippen LogP contribution in [0, 0.1) is 11.3 Å². The first-order valence-corrected chi connectivity index (χ1v) is 9.13. The fraction of sp³-hybridized carbons (Fsp3) is 0.333. The summed E-state index contributed by atoms with van der Waals surface area (Å²) in [5, 5.41) is 19.9. The van der Waals surface area contributed by atoms with Gasteiger partial charge in [-0.1, -0.05) is 12.1 Å². The average molecular weight is 350 g/mol. The summed E-state index contributed by atoms with van der Waals surface area (Å²) < 4.78 is 6.22. The molecule has 0 N–H and O–H groups in total. The van der Waals surface area contributed by atoms with Gasteiger partial charge in [-0.2, -0.15) is 5.26 Å². The molecule has 1 fully saturated rings. The highest BCUT2D eigenvalue weighted by molar-refractivity contribution is 7.03. The van der Waals surface area contributed by atoms with E-state index in [1.54, 1.807) is 6.33 Å². The van der Waals surface area contributed by atoms with Gasteiger partial charge in [0.1, 0.15) is 18.2 Å². The molecule has 1 aliphatic rings. The zero-order chi connectivity index (χ0) is 17.2. The molecule has 1 aliphatic heterocycles. The first-order chi connectivity index (χ1) is 12.3. The number of aromatic nitrogens is 4. The van der Waals surface area contributed by atoms with Gasteiger partial charge in [0.05, 0.1) is 11.3 Å². The Kier molecular flexibility index (Phi) is 4.20. The second-order valence-corrected chi connectivity index (χ2v) is 6.95. The lowest BCUT2D eigenvalue weighted by Crippen LogP contribution is -2.34. The average Bonchev–Trinajstić information content (AvgIpc) is 3.33. The summed E-state index contributed by atoms with van der Waals surface area (Å²) in [5.74, 6) is 1.47. The second kappa shape index (κ2) is 6.65. The number of rotatable bonds is 3. The van der Waals surface area contributed by atoms with Crippen LogP contribution in [-0.2, 0) is 7.05 Å². The predicted molar refractivity (Wildman–Crippen MR) is 97.5 cm³/mol. The molecule has 1 aromatic carbocycles. The molecule has 1 saturated heterocycles. The fourth-order valence-electron chi connectivity index (χ4n) is 3.57. The number of aryl methyl sites for hydroxylation is 1. The van der Waals surface area contributed by atoms with Crippen molar-refractivity contribution in [1.29, 1.82) is 5.26 Å². The summed E-state index contributed by atoms with van der Waals surface area (Å²) in [6.07, 6.45) is 5.65. The highest BCUT2D eigenvalue weighted by Gasteiger charge is 2.26. The molecule has 0 unspecified atom stereocenters. The predicted octanol–water partition coefficient (Wildman–Crippen LogP) is 3.19. The van der Waals surface area contributed by atoms with E-state index in [2.05, 4.69) is 31.6 Å². The standard InChI is InChI=1S/C18H18N6S/c1-23-12-20-22-18(23)13-5-7-24(8-6-13)17-14(9-19)3-2-4-16(17)15-10-21-25-11-15/h2-4,10-13H,5-8H2,1H3. The van der Waals surface area contributed by atoms with Crippen molar-refractivity contribution in [2.45, 2.75) is 18.8 Å². The van der Waals surface area contributed by atoms with Gasteiger partial charge in [-0.05, 0) is 30.4 Å². The van der Waals surface area contributed by atoms with Gasteiger partial charge in [0.25, 0.3) is 0 Å². The molecule has 0 aliphatic carbocycles. The monoisotopic (exact) mass is 350 g/mol. The Bertz CT molecular complexity index is 900. The Morgan fingerprint density at radius 1 is 1.28 bits per heavy atom. The summed E-state index contributed by atoms with van der Waals surface area (Å²) >= 11 is 1.43. The molecule has 6 nitrogen and oxygen atoms in total. The molecule has 0 bridgehead atoms. The second-order valence-electron chi connectivity index (χ2n) is 6.29. The van der Waals surface area contributed by atoms with Gasteiger partial charge >= 0.3 is 0 Å². The minimum absolute atomic E-state index is 0.421. The van der Waals surface area contributed by atoms with Crippen molar-refractivity contribution in [1.82, 2.24) is 19.1 Å². The smallest absolute Gasteiger partial charge is 0.135 e. The van der Waals surface area contributed by atoms with E-state index in [1.165, 1.54) is 11.5 Å². The first-order valence-electron chi connectivity index (χ1n) is 8.29. The van der Waals surface area contributed by atoms with E-state index in [-0.39, 0.29) is 0 Å². The molecule has 25 heavy (non-hydrogen) atoms. The summed E-state index contributed by atoms with van der Waals surface area (Å²) in [4.78, 5) is 2.33. The quantitative estimate of drug-likeness (QED) is 0.725. The summed E-state index contributed by atoms with van der Waals surface area (Å²) in [6.45, 7) is 1.81.